The Hall–Kier alpha value is -2.83. The Balaban J connectivity index is 1.39. The van der Waals surface area contributed by atoms with Gasteiger partial charge in [0, 0.05) is 31.7 Å². The molecule has 0 bridgehead atoms. The maximum atomic E-state index is 12.5. The molecule has 7 heteroatoms. The number of hydrogen-bond acceptors (Lipinski definition) is 4. The van der Waals surface area contributed by atoms with Gasteiger partial charge in [-0.1, -0.05) is 18.2 Å². The second kappa shape index (κ2) is 9.98. The first-order chi connectivity index (χ1) is 14.7. The Kier molecular flexibility index (Phi) is 7.36. The summed E-state index contributed by atoms with van der Waals surface area (Å²) in [6, 6.07) is 10.1. The first kappa shape index (κ1) is 22.8. The summed E-state index contributed by atoms with van der Waals surface area (Å²) in [5.74, 6) is 0.0433. The van der Waals surface area contributed by atoms with E-state index in [9.17, 15) is 9.59 Å². The summed E-state index contributed by atoms with van der Waals surface area (Å²) in [5.41, 5.74) is 2.76. The van der Waals surface area contributed by atoms with Crippen LogP contribution in [0, 0.1) is 12.8 Å². The molecule has 0 spiro atoms. The summed E-state index contributed by atoms with van der Waals surface area (Å²) in [4.78, 5) is 26.4. The summed E-state index contributed by atoms with van der Waals surface area (Å²) in [6.07, 6.45) is 4.86. The maximum absolute atomic E-state index is 12.5. The van der Waals surface area contributed by atoms with Gasteiger partial charge >= 0.3 is 6.09 Å². The molecule has 2 heterocycles. The molecule has 3 rings (SSSR count). The van der Waals surface area contributed by atoms with Crippen molar-refractivity contribution >= 4 is 12.0 Å². The SMILES string of the molecule is Cc1nn(-c2ccccc2)cc1CCCNC(=O)C1CCN(C(=O)OC(C)(C)C)CC1. The number of carbonyl (C=O) groups excluding carboxylic acids is 2. The van der Waals surface area contributed by atoms with Crippen LogP contribution >= 0.6 is 0 Å². The Morgan fingerprint density at radius 1 is 1.16 bits per heavy atom. The van der Waals surface area contributed by atoms with E-state index in [1.807, 2.05) is 62.7 Å². The van der Waals surface area contributed by atoms with Gasteiger partial charge in [0.1, 0.15) is 5.60 Å². The first-order valence-electron chi connectivity index (χ1n) is 11.1. The van der Waals surface area contributed by atoms with Crippen LogP contribution in [0.3, 0.4) is 0 Å². The van der Waals surface area contributed by atoms with Crippen molar-refractivity contribution in [3.05, 3.63) is 47.8 Å². The van der Waals surface area contributed by atoms with E-state index in [2.05, 4.69) is 16.6 Å². The van der Waals surface area contributed by atoms with E-state index in [4.69, 9.17) is 4.74 Å². The number of likely N-dealkylation sites (tertiary alicyclic amines) is 1. The lowest BCUT2D eigenvalue weighted by molar-refractivity contribution is -0.126. The van der Waals surface area contributed by atoms with Crippen LogP contribution in [0.5, 0.6) is 0 Å². The summed E-state index contributed by atoms with van der Waals surface area (Å²) in [7, 11) is 0. The van der Waals surface area contributed by atoms with Crippen molar-refractivity contribution in [2.24, 2.45) is 5.92 Å². The lowest BCUT2D eigenvalue weighted by Gasteiger charge is -2.32. The van der Waals surface area contributed by atoms with E-state index >= 15 is 0 Å². The van der Waals surface area contributed by atoms with Crippen LogP contribution in [0.25, 0.3) is 5.69 Å². The topological polar surface area (TPSA) is 76.5 Å². The fraction of sp³-hybridized carbons (Fsp3) is 0.542. The number of piperidine rings is 1. The number of ether oxygens (including phenoxy) is 1. The second-order valence-electron chi connectivity index (χ2n) is 9.16. The van der Waals surface area contributed by atoms with E-state index in [0.717, 1.165) is 24.2 Å². The predicted molar refractivity (Wildman–Crippen MR) is 120 cm³/mol. The number of aromatic nitrogens is 2. The molecule has 1 saturated heterocycles. The van der Waals surface area contributed by atoms with E-state index in [1.165, 1.54) is 5.56 Å². The third kappa shape index (κ3) is 6.57. The molecule has 0 unspecified atom stereocenters. The van der Waals surface area contributed by atoms with Gasteiger partial charge in [0.2, 0.25) is 5.91 Å². The zero-order valence-corrected chi connectivity index (χ0v) is 19.1. The molecular weight excluding hydrogens is 392 g/mol. The fourth-order valence-corrected chi connectivity index (χ4v) is 3.74. The number of para-hydroxylation sites is 1. The van der Waals surface area contributed by atoms with Gasteiger partial charge in [0.25, 0.3) is 0 Å². The average molecular weight is 427 g/mol. The molecule has 0 saturated carbocycles. The Bertz CT molecular complexity index is 878. The number of benzene rings is 1. The molecule has 1 aliphatic rings. The molecule has 1 N–H and O–H groups in total. The quantitative estimate of drug-likeness (QED) is 0.712. The Labute approximate surface area is 184 Å². The summed E-state index contributed by atoms with van der Waals surface area (Å²) in [6.45, 7) is 9.36. The van der Waals surface area contributed by atoms with Gasteiger partial charge in [0.15, 0.2) is 0 Å². The van der Waals surface area contributed by atoms with Crippen LogP contribution in [0.1, 0.15) is 51.3 Å². The molecule has 31 heavy (non-hydrogen) atoms. The molecule has 1 aromatic carbocycles. The lowest BCUT2D eigenvalue weighted by Crippen LogP contribution is -2.45. The molecule has 0 aliphatic carbocycles. The highest BCUT2D eigenvalue weighted by molar-refractivity contribution is 5.79. The van der Waals surface area contributed by atoms with Gasteiger partial charge in [-0.2, -0.15) is 5.10 Å². The Morgan fingerprint density at radius 2 is 1.84 bits per heavy atom. The van der Waals surface area contributed by atoms with Crippen LogP contribution in [0.15, 0.2) is 36.5 Å². The van der Waals surface area contributed by atoms with Crippen LogP contribution in [0.2, 0.25) is 0 Å². The molecule has 0 radical (unpaired) electrons. The van der Waals surface area contributed by atoms with Crippen molar-refractivity contribution in [2.45, 2.75) is 59.0 Å². The predicted octanol–water partition coefficient (Wildman–Crippen LogP) is 3.88. The van der Waals surface area contributed by atoms with Gasteiger partial charge in [0.05, 0.1) is 11.4 Å². The standard InChI is InChI=1S/C24H34N4O3/c1-18-20(17-28(26-18)21-10-6-5-7-11-21)9-8-14-25-22(29)19-12-15-27(16-13-19)23(30)31-24(2,3)4/h5-7,10-11,17,19H,8-9,12-16H2,1-4H3,(H,25,29). The third-order valence-corrected chi connectivity index (χ3v) is 5.46. The van der Waals surface area contributed by atoms with Gasteiger partial charge in [-0.05, 0) is 71.1 Å². The maximum Gasteiger partial charge on any atom is 0.410 e. The van der Waals surface area contributed by atoms with Crippen molar-refractivity contribution in [1.82, 2.24) is 20.0 Å². The summed E-state index contributed by atoms with van der Waals surface area (Å²) in [5, 5.41) is 7.66. The number of rotatable bonds is 6. The number of amides is 2. The van der Waals surface area contributed by atoms with E-state index < -0.39 is 5.60 Å². The van der Waals surface area contributed by atoms with Crippen LogP contribution in [-0.4, -0.2) is 51.9 Å². The average Bonchev–Trinajstić information content (AvgIpc) is 3.11. The highest BCUT2D eigenvalue weighted by Gasteiger charge is 2.29. The van der Waals surface area contributed by atoms with E-state index in [-0.39, 0.29) is 17.9 Å². The molecule has 1 fully saturated rings. The zero-order valence-electron chi connectivity index (χ0n) is 19.1. The van der Waals surface area contributed by atoms with Gasteiger partial charge < -0.3 is 15.0 Å². The minimum absolute atomic E-state index is 0.0405. The largest absolute Gasteiger partial charge is 0.444 e. The van der Waals surface area contributed by atoms with Crippen molar-refractivity contribution in [2.75, 3.05) is 19.6 Å². The van der Waals surface area contributed by atoms with Crippen molar-refractivity contribution in [3.8, 4) is 5.69 Å². The van der Waals surface area contributed by atoms with Gasteiger partial charge in [-0.3, -0.25) is 4.79 Å². The molecular formula is C24H34N4O3. The molecule has 2 amide bonds. The molecule has 2 aromatic rings. The highest BCUT2D eigenvalue weighted by Crippen LogP contribution is 2.20. The minimum Gasteiger partial charge on any atom is -0.444 e. The molecule has 1 aromatic heterocycles. The zero-order chi connectivity index (χ0) is 22.4. The normalized spacial score (nSPS) is 15.0. The van der Waals surface area contributed by atoms with Crippen LogP contribution < -0.4 is 5.32 Å². The number of hydrogen-bond donors (Lipinski definition) is 1. The van der Waals surface area contributed by atoms with Crippen molar-refractivity contribution in [1.29, 1.82) is 0 Å². The lowest BCUT2D eigenvalue weighted by atomic mass is 9.96. The first-order valence-corrected chi connectivity index (χ1v) is 11.1. The fourth-order valence-electron chi connectivity index (χ4n) is 3.74. The van der Waals surface area contributed by atoms with Crippen LogP contribution in [0.4, 0.5) is 4.79 Å². The van der Waals surface area contributed by atoms with E-state index in [1.54, 1.807) is 4.90 Å². The minimum atomic E-state index is -0.499. The number of aryl methyl sites for hydroxylation is 2. The monoisotopic (exact) mass is 426 g/mol. The van der Waals surface area contributed by atoms with Gasteiger partial charge in [-0.25, -0.2) is 9.48 Å². The van der Waals surface area contributed by atoms with E-state index in [0.29, 0.717) is 32.5 Å². The number of carbonyl (C=O) groups is 2. The molecule has 168 valence electrons. The number of nitrogens with zero attached hydrogens (tertiary/aromatic N) is 3. The summed E-state index contributed by atoms with van der Waals surface area (Å²) < 4.78 is 7.32. The number of nitrogens with one attached hydrogen (secondary N) is 1. The highest BCUT2D eigenvalue weighted by atomic mass is 16.6. The van der Waals surface area contributed by atoms with Crippen molar-refractivity contribution < 1.29 is 14.3 Å². The molecule has 7 nitrogen and oxygen atoms in total. The second-order valence-corrected chi connectivity index (χ2v) is 9.16. The molecule has 0 atom stereocenters. The van der Waals surface area contributed by atoms with Crippen LogP contribution in [-0.2, 0) is 16.0 Å². The summed E-state index contributed by atoms with van der Waals surface area (Å²) >= 11 is 0. The van der Waals surface area contributed by atoms with Crippen molar-refractivity contribution in [3.63, 3.8) is 0 Å². The van der Waals surface area contributed by atoms with Gasteiger partial charge in [-0.15, -0.1) is 0 Å². The third-order valence-electron chi connectivity index (χ3n) is 5.46. The molecule has 1 aliphatic heterocycles. The Morgan fingerprint density at radius 3 is 2.48 bits per heavy atom. The smallest absolute Gasteiger partial charge is 0.410 e.